The Kier molecular flexibility index (Phi) is 3.52. The normalized spacial score (nSPS) is 25.1. The lowest BCUT2D eigenvalue weighted by Crippen LogP contribution is -2.30. The minimum Gasteiger partial charge on any atom is -0.447 e. The van der Waals surface area contributed by atoms with Gasteiger partial charge in [0.1, 0.15) is 12.4 Å². The summed E-state index contributed by atoms with van der Waals surface area (Å²) in [5.41, 5.74) is 7.35. The van der Waals surface area contributed by atoms with Gasteiger partial charge in [-0.2, -0.15) is 0 Å². The highest BCUT2D eigenvalue weighted by Crippen LogP contribution is 2.38. The van der Waals surface area contributed by atoms with Gasteiger partial charge < -0.3 is 15.8 Å². The topological polar surface area (TPSA) is 97.6 Å². The van der Waals surface area contributed by atoms with Gasteiger partial charge in [-0.1, -0.05) is 6.92 Å². The van der Waals surface area contributed by atoms with Crippen molar-refractivity contribution < 1.29 is 14.3 Å². The Morgan fingerprint density at radius 1 is 1.36 bits per heavy atom. The highest BCUT2D eigenvalue weighted by atomic mass is 16.6. The van der Waals surface area contributed by atoms with Crippen LogP contribution in [0.3, 0.4) is 0 Å². The highest BCUT2D eigenvalue weighted by Gasteiger charge is 2.39. The summed E-state index contributed by atoms with van der Waals surface area (Å²) in [5.74, 6) is 1.00. The number of nitrogen functional groups attached to an aromatic ring is 1. The quantitative estimate of drug-likeness (QED) is 0.837. The van der Waals surface area contributed by atoms with Crippen molar-refractivity contribution in [1.82, 2.24) is 4.98 Å². The van der Waals surface area contributed by atoms with Gasteiger partial charge >= 0.3 is 6.09 Å². The molecular formula is C18H20N4O3. The lowest BCUT2D eigenvalue weighted by atomic mass is 10.1. The molecule has 0 spiro atoms. The Bertz CT molecular complexity index is 882. The second kappa shape index (κ2) is 5.61. The summed E-state index contributed by atoms with van der Waals surface area (Å²) in [6.45, 7) is 4.33. The number of carbonyl (C=O) groups excluding carboxylic acids is 2. The molecule has 2 unspecified atom stereocenters. The van der Waals surface area contributed by atoms with E-state index in [1.807, 2.05) is 13.0 Å². The molecule has 1 aromatic carbocycles. The molecule has 1 aliphatic heterocycles. The number of rotatable bonds is 3. The van der Waals surface area contributed by atoms with Gasteiger partial charge in [-0.15, -0.1) is 0 Å². The van der Waals surface area contributed by atoms with E-state index in [0.29, 0.717) is 29.7 Å². The monoisotopic (exact) mass is 340 g/mol. The number of anilines is 3. The van der Waals surface area contributed by atoms with Gasteiger partial charge in [-0.25, -0.2) is 9.78 Å². The number of hydrogen-bond donors (Lipinski definition) is 2. The average molecular weight is 340 g/mol. The van der Waals surface area contributed by atoms with E-state index in [-0.39, 0.29) is 24.0 Å². The number of amides is 2. The van der Waals surface area contributed by atoms with Crippen LogP contribution in [0.15, 0.2) is 24.4 Å². The number of ether oxygens (including phenoxy) is 1. The molecule has 25 heavy (non-hydrogen) atoms. The summed E-state index contributed by atoms with van der Waals surface area (Å²) < 4.78 is 5.08. The summed E-state index contributed by atoms with van der Waals surface area (Å²) in [6, 6.07) is 5.34. The van der Waals surface area contributed by atoms with E-state index in [4.69, 9.17) is 10.5 Å². The van der Waals surface area contributed by atoms with Crippen LogP contribution in [-0.4, -0.2) is 29.6 Å². The largest absolute Gasteiger partial charge is 0.447 e. The maximum Gasteiger partial charge on any atom is 0.414 e. The minimum atomic E-state index is -0.378. The fourth-order valence-electron chi connectivity index (χ4n) is 3.26. The van der Waals surface area contributed by atoms with Gasteiger partial charge in [-0.05, 0) is 42.8 Å². The Morgan fingerprint density at radius 2 is 2.12 bits per heavy atom. The van der Waals surface area contributed by atoms with Crippen LogP contribution in [0.1, 0.15) is 20.3 Å². The third kappa shape index (κ3) is 2.75. The number of aromatic nitrogens is 1. The van der Waals surface area contributed by atoms with Gasteiger partial charge in [0.2, 0.25) is 5.91 Å². The first-order valence-electron chi connectivity index (χ1n) is 8.40. The van der Waals surface area contributed by atoms with E-state index in [0.717, 1.165) is 17.2 Å². The summed E-state index contributed by atoms with van der Waals surface area (Å²) in [5, 5.41) is 4.45. The number of benzene rings is 1. The molecular weight excluding hydrogens is 320 g/mol. The molecule has 3 N–H and O–H groups in total. The van der Waals surface area contributed by atoms with Gasteiger partial charge in [0, 0.05) is 23.2 Å². The zero-order valence-corrected chi connectivity index (χ0v) is 14.2. The van der Waals surface area contributed by atoms with Crippen molar-refractivity contribution in [2.75, 3.05) is 22.6 Å². The van der Waals surface area contributed by atoms with Crippen molar-refractivity contribution >= 4 is 40.0 Å². The number of carbonyl (C=O) groups is 2. The molecule has 1 saturated carbocycles. The number of pyridine rings is 1. The predicted octanol–water partition coefficient (Wildman–Crippen LogP) is 2.76. The molecule has 0 bridgehead atoms. The summed E-state index contributed by atoms with van der Waals surface area (Å²) in [4.78, 5) is 29.9. The van der Waals surface area contributed by atoms with E-state index in [1.54, 1.807) is 23.2 Å². The molecule has 7 nitrogen and oxygen atoms in total. The first-order valence-corrected chi connectivity index (χ1v) is 8.40. The predicted molar refractivity (Wildman–Crippen MR) is 95.3 cm³/mol. The molecule has 2 aromatic rings. The first-order chi connectivity index (χ1) is 11.9. The van der Waals surface area contributed by atoms with Crippen molar-refractivity contribution in [2.24, 2.45) is 11.8 Å². The third-order valence-corrected chi connectivity index (χ3v) is 4.91. The Hall–Kier alpha value is -2.83. The van der Waals surface area contributed by atoms with Crippen LogP contribution in [0.25, 0.3) is 10.8 Å². The van der Waals surface area contributed by atoms with Crippen LogP contribution in [0, 0.1) is 11.8 Å². The molecule has 130 valence electrons. The molecule has 2 aliphatic rings. The molecule has 4 rings (SSSR count). The SMILES string of the molecule is CC1COC(=O)N1c1cc(N)c2cnc(NC(=O)C3C[C@@H]3C)cc2c1. The molecule has 1 saturated heterocycles. The van der Waals surface area contributed by atoms with Gasteiger partial charge in [0.15, 0.2) is 0 Å². The molecule has 1 aromatic heterocycles. The van der Waals surface area contributed by atoms with Gasteiger partial charge in [-0.3, -0.25) is 9.69 Å². The first kappa shape index (κ1) is 15.7. The zero-order chi connectivity index (χ0) is 17.7. The smallest absolute Gasteiger partial charge is 0.414 e. The lowest BCUT2D eigenvalue weighted by molar-refractivity contribution is -0.117. The maximum absolute atomic E-state index is 12.1. The fourth-order valence-corrected chi connectivity index (χ4v) is 3.26. The van der Waals surface area contributed by atoms with Crippen molar-refractivity contribution in [3.63, 3.8) is 0 Å². The Labute approximate surface area is 145 Å². The molecule has 2 heterocycles. The van der Waals surface area contributed by atoms with Crippen LogP contribution in [-0.2, 0) is 9.53 Å². The molecule has 2 fully saturated rings. The number of nitrogens with two attached hydrogens (primary N) is 1. The van der Waals surface area contributed by atoms with Crippen LogP contribution in [0.5, 0.6) is 0 Å². The van der Waals surface area contributed by atoms with E-state index in [1.165, 1.54) is 0 Å². The van der Waals surface area contributed by atoms with E-state index >= 15 is 0 Å². The summed E-state index contributed by atoms with van der Waals surface area (Å²) in [6.07, 6.45) is 2.19. The van der Waals surface area contributed by atoms with Crippen molar-refractivity contribution in [3.8, 4) is 0 Å². The molecule has 2 amide bonds. The van der Waals surface area contributed by atoms with Crippen LogP contribution in [0.2, 0.25) is 0 Å². The van der Waals surface area contributed by atoms with Crippen LogP contribution < -0.4 is 16.0 Å². The molecule has 3 atom stereocenters. The Balaban J connectivity index is 1.68. The van der Waals surface area contributed by atoms with Crippen LogP contribution >= 0.6 is 0 Å². The van der Waals surface area contributed by atoms with Crippen molar-refractivity contribution in [1.29, 1.82) is 0 Å². The second-order valence-corrected chi connectivity index (χ2v) is 6.93. The average Bonchev–Trinajstić information content (AvgIpc) is 3.20. The lowest BCUT2D eigenvalue weighted by Gasteiger charge is -2.19. The number of cyclic esters (lactones) is 1. The number of hydrogen-bond acceptors (Lipinski definition) is 5. The van der Waals surface area contributed by atoms with Crippen molar-refractivity contribution in [3.05, 3.63) is 24.4 Å². The zero-order valence-electron chi connectivity index (χ0n) is 14.2. The van der Waals surface area contributed by atoms with Crippen LogP contribution in [0.4, 0.5) is 22.0 Å². The summed E-state index contributed by atoms with van der Waals surface area (Å²) >= 11 is 0. The standard InChI is InChI=1S/C18H20N4O3/c1-9-3-13(9)17(23)21-16-5-11-4-12(6-15(19)14(11)7-20-16)22-10(2)8-25-18(22)24/h4-7,9-10,13H,3,8,19H2,1-2H3,(H,20,21,23)/t9-,10?,13?/m0/s1. The van der Waals surface area contributed by atoms with E-state index < -0.39 is 0 Å². The van der Waals surface area contributed by atoms with E-state index in [2.05, 4.69) is 17.2 Å². The van der Waals surface area contributed by atoms with Crippen molar-refractivity contribution in [2.45, 2.75) is 26.3 Å². The van der Waals surface area contributed by atoms with Gasteiger partial charge in [0.25, 0.3) is 0 Å². The fraction of sp³-hybridized carbons (Fsp3) is 0.389. The molecule has 7 heteroatoms. The highest BCUT2D eigenvalue weighted by molar-refractivity contribution is 6.01. The maximum atomic E-state index is 12.1. The minimum absolute atomic E-state index is 0.000203. The molecule has 1 aliphatic carbocycles. The third-order valence-electron chi connectivity index (χ3n) is 4.91. The van der Waals surface area contributed by atoms with Gasteiger partial charge in [0.05, 0.1) is 11.7 Å². The Morgan fingerprint density at radius 3 is 2.76 bits per heavy atom. The second-order valence-electron chi connectivity index (χ2n) is 6.93. The number of nitrogens with one attached hydrogen (secondary N) is 1. The molecule has 0 radical (unpaired) electrons. The number of nitrogens with zero attached hydrogens (tertiary/aromatic N) is 2. The van der Waals surface area contributed by atoms with E-state index in [9.17, 15) is 9.59 Å². The summed E-state index contributed by atoms with van der Waals surface area (Å²) in [7, 11) is 0. The number of fused-ring (bicyclic) bond motifs is 1.